The van der Waals surface area contributed by atoms with E-state index in [4.69, 9.17) is 0 Å². The van der Waals surface area contributed by atoms with Crippen LogP contribution in [0, 0.1) is 0 Å². The molecule has 0 aromatic rings. The van der Waals surface area contributed by atoms with Gasteiger partial charge in [0.25, 0.3) is 0 Å². The van der Waals surface area contributed by atoms with Crippen molar-refractivity contribution >= 4 is 16.2 Å². The largest absolute Gasteiger partial charge is 0.336 e. The van der Waals surface area contributed by atoms with Crippen LogP contribution in [-0.4, -0.2) is 45.3 Å². The van der Waals surface area contributed by atoms with Crippen LogP contribution in [0.2, 0.25) is 0 Å². The molecule has 1 amide bonds. The molecule has 5 heteroatoms. The van der Waals surface area contributed by atoms with Crippen molar-refractivity contribution < 1.29 is 13.2 Å². The zero-order valence-corrected chi connectivity index (χ0v) is 6.81. The van der Waals surface area contributed by atoms with Crippen LogP contribution < -0.4 is 0 Å². The molecule has 0 rings (SSSR count). The zero-order chi connectivity index (χ0) is 8.20. The van der Waals surface area contributed by atoms with Gasteiger partial charge in [-0.25, -0.2) is 8.42 Å². The second-order valence-electron chi connectivity index (χ2n) is 2.14. The zero-order valence-electron chi connectivity index (χ0n) is 5.99. The van der Waals surface area contributed by atoms with Crippen LogP contribution in [0.4, 0.5) is 0 Å². The van der Waals surface area contributed by atoms with Crippen LogP contribution in [0.25, 0.3) is 0 Å². The van der Waals surface area contributed by atoms with Gasteiger partial charge < -0.3 is 4.90 Å². The summed E-state index contributed by atoms with van der Waals surface area (Å²) in [5, 5.41) is 0. The Morgan fingerprint density at radius 2 is 2.00 bits per heavy atom. The molecular formula is C5H10NO3S. The van der Waals surface area contributed by atoms with Crippen molar-refractivity contribution in [2.45, 2.75) is 0 Å². The Balaban J connectivity index is 3.66. The van der Waals surface area contributed by atoms with Gasteiger partial charge in [0, 0.05) is 19.8 Å². The summed E-state index contributed by atoms with van der Waals surface area (Å²) < 4.78 is 21.0. The van der Waals surface area contributed by atoms with Crippen LogP contribution in [0.1, 0.15) is 0 Å². The fourth-order valence-electron chi connectivity index (χ4n) is 0.348. The SMILES string of the molecule is CN([C]=O)CCS(C)(=O)=O. The predicted octanol–water partition coefficient (Wildman–Crippen LogP) is -0.970. The topological polar surface area (TPSA) is 54.5 Å². The van der Waals surface area contributed by atoms with Crippen LogP contribution in [0.15, 0.2) is 0 Å². The summed E-state index contributed by atoms with van der Waals surface area (Å²) in [6.45, 7) is 0.211. The van der Waals surface area contributed by atoms with Gasteiger partial charge in [-0.2, -0.15) is 0 Å². The molecule has 0 aliphatic heterocycles. The quantitative estimate of drug-likeness (QED) is 0.502. The number of hydrogen-bond acceptors (Lipinski definition) is 3. The Morgan fingerprint density at radius 3 is 2.30 bits per heavy atom. The van der Waals surface area contributed by atoms with Crippen molar-refractivity contribution in [3.63, 3.8) is 0 Å². The van der Waals surface area contributed by atoms with Gasteiger partial charge in [0.2, 0.25) is 0 Å². The number of amides is 1. The van der Waals surface area contributed by atoms with E-state index in [1.807, 2.05) is 0 Å². The summed E-state index contributed by atoms with van der Waals surface area (Å²) >= 11 is 0. The van der Waals surface area contributed by atoms with Crippen LogP contribution >= 0.6 is 0 Å². The molecular weight excluding hydrogens is 154 g/mol. The maximum Gasteiger partial charge on any atom is 0.311 e. The van der Waals surface area contributed by atoms with Crippen molar-refractivity contribution in [2.24, 2.45) is 0 Å². The van der Waals surface area contributed by atoms with Gasteiger partial charge in [-0.05, 0) is 0 Å². The average Bonchev–Trinajstić information content (AvgIpc) is 1.81. The minimum Gasteiger partial charge on any atom is -0.336 e. The summed E-state index contributed by atoms with van der Waals surface area (Å²) in [6, 6.07) is 0. The molecule has 0 saturated heterocycles. The minimum absolute atomic E-state index is 0.00125. The molecule has 0 aliphatic rings. The third-order valence-electron chi connectivity index (χ3n) is 0.953. The second kappa shape index (κ2) is 3.55. The summed E-state index contributed by atoms with van der Waals surface area (Å²) in [6.07, 6.45) is 2.69. The van der Waals surface area contributed by atoms with Crippen molar-refractivity contribution in [3.8, 4) is 0 Å². The van der Waals surface area contributed by atoms with E-state index in [2.05, 4.69) is 0 Å². The van der Waals surface area contributed by atoms with Gasteiger partial charge >= 0.3 is 6.41 Å². The lowest BCUT2D eigenvalue weighted by Crippen LogP contribution is -2.23. The molecule has 0 unspecified atom stereocenters. The highest BCUT2D eigenvalue weighted by Gasteiger charge is 2.03. The van der Waals surface area contributed by atoms with Gasteiger partial charge in [-0.3, -0.25) is 4.79 Å². The summed E-state index contributed by atoms with van der Waals surface area (Å²) in [5.41, 5.74) is 0. The molecule has 59 valence electrons. The first kappa shape index (κ1) is 9.42. The smallest absolute Gasteiger partial charge is 0.311 e. The Labute approximate surface area is 60.7 Å². The Hall–Kier alpha value is -0.580. The average molecular weight is 164 g/mol. The minimum atomic E-state index is -2.95. The normalized spacial score (nSPS) is 11.0. The number of hydrogen-bond donors (Lipinski definition) is 0. The number of nitrogens with zero attached hydrogens (tertiary/aromatic N) is 1. The first-order chi connectivity index (χ1) is 4.45. The third-order valence-corrected chi connectivity index (χ3v) is 1.88. The molecule has 0 atom stereocenters. The summed E-state index contributed by atoms with van der Waals surface area (Å²) in [7, 11) is -1.47. The lowest BCUT2D eigenvalue weighted by atomic mass is 10.7. The Kier molecular flexibility index (Phi) is 3.35. The predicted molar refractivity (Wildman–Crippen MR) is 38.0 cm³/mol. The molecule has 0 N–H and O–H groups in total. The highest BCUT2D eigenvalue weighted by atomic mass is 32.2. The highest BCUT2D eigenvalue weighted by Crippen LogP contribution is 1.83. The first-order valence-corrected chi connectivity index (χ1v) is 4.78. The first-order valence-electron chi connectivity index (χ1n) is 2.72. The number of carbonyl (C=O) groups excluding carboxylic acids is 1. The lowest BCUT2D eigenvalue weighted by molar-refractivity contribution is 0.448. The van der Waals surface area contributed by atoms with Crippen LogP contribution in [0.5, 0.6) is 0 Å². The fraction of sp³-hybridized carbons (Fsp3) is 0.800. The van der Waals surface area contributed by atoms with Crippen molar-refractivity contribution in [1.82, 2.24) is 4.90 Å². The molecule has 0 saturated carbocycles. The van der Waals surface area contributed by atoms with E-state index in [1.165, 1.54) is 11.9 Å². The molecule has 1 radical (unpaired) electrons. The monoisotopic (exact) mass is 164 g/mol. The Morgan fingerprint density at radius 1 is 1.50 bits per heavy atom. The van der Waals surface area contributed by atoms with E-state index < -0.39 is 9.84 Å². The standard InChI is InChI=1S/C5H10NO3S/c1-6(5-7)3-4-10(2,8)9/h3-4H2,1-2H3. The number of sulfone groups is 1. The van der Waals surface area contributed by atoms with Crippen LogP contribution in [0.3, 0.4) is 0 Å². The molecule has 0 spiro atoms. The van der Waals surface area contributed by atoms with E-state index in [1.54, 1.807) is 6.41 Å². The van der Waals surface area contributed by atoms with E-state index >= 15 is 0 Å². The van der Waals surface area contributed by atoms with Crippen molar-refractivity contribution in [1.29, 1.82) is 0 Å². The molecule has 0 aromatic carbocycles. The van der Waals surface area contributed by atoms with Crippen molar-refractivity contribution in [2.75, 3.05) is 25.6 Å². The van der Waals surface area contributed by atoms with E-state index in [-0.39, 0.29) is 12.3 Å². The molecule has 0 aliphatic carbocycles. The van der Waals surface area contributed by atoms with Gasteiger partial charge in [0.1, 0.15) is 9.84 Å². The van der Waals surface area contributed by atoms with Gasteiger partial charge in [0.05, 0.1) is 5.75 Å². The Bertz CT molecular complexity index is 197. The van der Waals surface area contributed by atoms with E-state index in [0.29, 0.717) is 0 Å². The lowest BCUT2D eigenvalue weighted by Gasteiger charge is -2.06. The third kappa shape index (κ3) is 5.55. The van der Waals surface area contributed by atoms with Crippen molar-refractivity contribution in [3.05, 3.63) is 0 Å². The number of rotatable bonds is 4. The van der Waals surface area contributed by atoms with E-state index in [9.17, 15) is 13.2 Å². The summed E-state index contributed by atoms with van der Waals surface area (Å²) in [4.78, 5) is 11.0. The van der Waals surface area contributed by atoms with Gasteiger partial charge in [0.15, 0.2) is 0 Å². The van der Waals surface area contributed by atoms with Gasteiger partial charge in [-0.15, -0.1) is 0 Å². The molecule has 10 heavy (non-hydrogen) atoms. The van der Waals surface area contributed by atoms with Crippen LogP contribution in [-0.2, 0) is 14.6 Å². The molecule has 0 heterocycles. The maximum absolute atomic E-state index is 10.5. The molecule has 0 aromatic heterocycles. The fourth-order valence-corrected chi connectivity index (χ4v) is 0.954. The molecule has 4 nitrogen and oxygen atoms in total. The van der Waals surface area contributed by atoms with E-state index in [0.717, 1.165) is 6.26 Å². The summed E-state index contributed by atoms with van der Waals surface area (Å²) in [5.74, 6) is -0.00125. The highest BCUT2D eigenvalue weighted by molar-refractivity contribution is 7.90. The maximum atomic E-state index is 10.5. The van der Waals surface area contributed by atoms with Gasteiger partial charge in [-0.1, -0.05) is 0 Å². The second-order valence-corrected chi connectivity index (χ2v) is 4.40. The molecule has 0 fully saturated rings. The molecule has 0 bridgehead atoms.